The monoisotopic (exact) mass is 348 g/mol. The summed E-state index contributed by atoms with van der Waals surface area (Å²) in [5.74, 6) is 3.92. The molecule has 2 unspecified atom stereocenters. The summed E-state index contributed by atoms with van der Waals surface area (Å²) in [6.07, 6.45) is 9.37. The average Bonchev–Trinajstić information content (AvgIpc) is 2.48. The molecule has 1 aliphatic heterocycles. The van der Waals surface area contributed by atoms with Gasteiger partial charge < -0.3 is 15.0 Å². The smallest absolute Gasteiger partial charge is 0.410 e. The van der Waals surface area contributed by atoms with Crippen LogP contribution in [0.3, 0.4) is 0 Å². The summed E-state index contributed by atoms with van der Waals surface area (Å²) in [4.78, 5) is 14.3. The van der Waals surface area contributed by atoms with Crippen LogP contribution in [0.1, 0.15) is 72.6 Å². The molecule has 0 spiro atoms. The van der Waals surface area contributed by atoms with Gasteiger partial charge in [-0.25, -0.2) is 4.79 Å². The van der Waals surface area contributed by atoms with Crippen molar-refractivity contribution in [3.63, 3.8) is 0 Å². The molecule has 1 heterocycles. The summed E-state index contributed by atoms with van der Waals surface area (Å²) in [6.45, 7) is 8.82. The molecular weight excluding hydrogens is 312 g/mol. The molecule has 25 heavy (non-hydrogen) atoms. The number of hydrogen-bond donors (Lipinski definition) is 1. The highest BCUT2D eigenvalue weighted by Gasteiger charge is 2.48. The summed E-state index contributed by atoms with van der Waals surface area (Å²) in [5, 5.41) is 4.06. The molecule has 4 heteroatoms. The molecule has 0 radical (unpaired) electrons. The zero-order valence-electron chi connectivity index (χ0n) is 16.5. The van der Waals surface area contributed by atoms with Gasteiger partial charge in [-0.05, 0) is 96.3 Å². The third-order valence-corrected chi connectivity index (χ3v) is 7.16. The Morgan fingerprint density at radius 2 is 1.60 bits per heavy atom. The lowest BCUT2D eigenvalue weighted by atomic mass is 9.54. The molecule has 4 aliphatic carbocycles. The zero-order valence-corrected chi connectivity index (χ0v) is 16.5. The van der Waals surface area contributed by atoms with Crippen LogP contribution in [0.25, 0.3) is 0 Å². The van der Waals surface area contributed by atoms with E-state index in [1.54, 1.807) is 0 Å². The number of carbonyl (C=O) groups excluding carboxylic acids is 1. The van der Waals surface area contributed by atoms with Crippen molar-refractivity contribution in [2.45, 2.75) is 96.4 Å². The Bertz CT molecular complexity index is 485. The van der Waals surface area contributed by atoms with Crippen LogP contribution in [0, 0.1) is 23.7 Å². The predicted octanol–water partition coefficient (Wildman–Crippen LogP) is 4.19. The molecule has 1 saturated heterocycles. The average molecular weight is 349 g/mol. The molecule has 1 amide bonds. The molecule has 0 aromatic carbocycles. The first-order chi connectivity index (χ1) is 11.8. The topological polar surface area (TPSA) is 41.6 Å². The summed E-state index contributed by atoms with van der Waals surface area (Å²) >= 11 is 0. The van der Waals surface area contributed by atoms with E-state index in [4.69, 9.17) is 4.74 Å². The second-order valence-corrected chi connectivity index (χ2v) is 10.4. The highest BCUT2D eigenvalue weighted by atomic mass is 16.6. The third kappa shape index (κ3) is 3.70. The third-order valence-electron chi connectivity index (χ3n) is 7.16. The Morgan fingerprint density at radius 1 is 1.00 bits per heavy atom. The molecule has 2 atom stereocenters. The molecule has 142 valence electrons. The van der Waals surface area contributed by atoms with Gasteiger partial charge in [-0.3, -0.25) is 0 Å². The van der Waals surface area contributed by atoms with Crippen molar-refractivity contribution in [2.75, 3.05) is 6.54 Å². The standard InChI is InChI=1S/C21H36N2O2/c1-13-7-18(5-6-23(13)20(24)25-21(2,3)4)22-19-16-9-14-8-15(11-16)12-17(19)10-14/h13-19,22H,5-12H2,1-4H3. The number of nitrogens with one attached hydrogen (secondary N) is 1. The highest BCUT2D eigenvalue weighted by molar-refractivity contribution is 5.68. The zero-order chi connectivity index (χ0) is 17.8. The molecule has 5 fully saturated rings. The van der Waals surface area contributed by atoms with Crippen LogP contribution >= 0.6 is 0 Å². The first-order valence-electron chi connectivity index (χ1n) is 10.5. The maximum Gasteiger partial charge on any atom is 0.410 e. The Morgan fingerprint density at radius 3 is 2.12 bits per heavy atom. The van der Waals surface area contributed by atoms with Crippen LogP contribution in [-0.2, 0) is 4.74 Å². The van der Waals surface area contributed by atoms with Crippen molar-refractivity contribution >= 4 is 6.09 Å². The van der Waals surface area contributed by atoms with E-state index in [0.29, 0.717) is 6.04 Å². The number of rotatable bonds is 2. The van der Waals surface area contributed by atoms with Gasteiger partial charge in [-0.1, -0.05) is 0 Å². The van der Waals surface area contributed by atoms with Gasteiger partial charge >= 0.3 is 6.09 Å². The molecular formula is C21H36N2O2. The number of likely N-dealkylation sites (tertiary alicyclic amines) is 1. The van der Waals surface area contributed by atoms with E-state index in [-0.39, 0.29) is 12.1 Å². The van der Waals surface area contributed by atoms with Crippen molar-refractivity contribution in [2.24, 2.45) is 23.7 Å². The first-order valence-corrected chi connectivity index (χ1v) is 10.5. The minimum absolute atomic E-state index is 0.145. The van der Waals surface area contributed by atoms with E-state index in [2.05, 4.69) is 12.2 Å². The fraction of sp³-hybridized carbons (Fsp3) is 0.952. The quantitative estimate of drug-likeness (QED) is 0.813. The van der Waals surface area contributed by atoms with Gasteiger partial charge in [0.2, 0.25) is 0 Å². The Balaban J connectivity index is 1.32. The van der Waals surface area contributed by atoms with Crippen molar-refractivity contribution in [1.82, 2.24) is 10.2 Å². The van der Waals surface area contributed by atoms with Gasteiger partial charge in [0, 0.05) is 24.7 Å². The minimum Gasteiger partial charge on any atom is -0.444 e. The fourth-order valence-corrected chi connectivity index (χ4v) is 6.38. The molecule has 5 aliphatic rings. The summed E-state index contributed by atoms with van der Waals surface area (Å²) in [5.41, 5.74) is -0.410. The van der Waals surface area contributed by atoms with E-state index in [9.17, 15) is 4.79 Å². The largest absolute Gasteiger partial charge is 0.444 e. The number of amides is 1. The number of nitrogens with zero attached hydrogens (tertiary/aromatic N) is 1. The van der Waals surface area contributed by atoms with Crippen molar-refractivity contribution in [3.05, 3.63) is 0 Å². The fourth-order valence-electron chi connectivity index (χ4n) is 6.38. The van der Waals surface area contributed by atoms with Crippen LogP contribution in [0.15, 0.2) is 0 Å². The van der Waals surface area contributed by atoms with Gasteiger partial charge in [0.25, 0.3) is 0 Å². The van der Waals surface area contributed by atoms with Crippen LogP contribution in [0.5, 0.6) is 0 Å². The van der Waals surface area contributed by atoms with E-state index >= 15 is 0 Å². The van der Waals surface area contributed by atoms with Crippen LogP contribution in [0.2, 0.25) is 0 Å². The molecule has 4 saturated carbocycles. The number of piperidine rings is 1. The van der Waals surface area contributed by atoms with Crippen LogP contribution in [-0.4, -0.2) is 41.3 Å². The van der Waals surface area contributed by atoms with Gasteiger partial charge in [0.1, 0.15) is 5.60 Å². The molecule has 4 bridgehead atoms. The Kier molecular flexibility index (Phi) is 4.54. The second kappa shape index (κ2) is 6.44. The maximum atomic E-state index is 12.4. The SMILES string of the molecule is CC1CC(NC2C3CC4CC(C3)CC2C4)CCN1C(=O)OC(C)(C)C. The highest BCUT2D eigenvalue weighted by Crippen LogP contribution is 2.53. The number of carbonyl (C=O) groups is 1. The first kappa shape index (κ1) is 17.6. The van der Waals surface area contributed by atoms with Crippen LogP contribution < -0.4 is 5.32 Å². The van der Waals surface area contributed by atoms with E-state index in [1.807, 2.05) is 25.7 Å². The normalized spacial score (nSPS) is 43.4. The number of ether oxygens (including phenoxy) is 1. The second-order valence-electron chi connectivity index (χ2n) is 10.4. The number of hydrogen-bond acceptors (Lipinski definition) is 3. The van der Waals surface area contributed by atoms with Gasteiger partial charge in [-0.2, -0.15) is 0 Å². The Hall–Kier alpha value is -0.770. The van der Waals surface area contributed by atoms with Gasteiger partial charge in [-0.15, -0.1) is 0 Å². The molecule has 5 rings (SSSR count). The minimum atomic E-state index is -0.410. The summed E-state index contributed by atoms with van der Waals surface area (Å²) in [6, 6.07) is 1.58. The van der Waals surface area contributed by atoms with E-state index < -0.39 is 5.60 Å². The van der Waals surface area contributed by atoms with E-state index in [1.165, 1.54) is 32.1 Å². The summed E-state index contributed by atoms with van der Waals surface area (Å²) in [7, 11) is 0. The lowest BCUT2D eigenvalue weighted by Gasteiger charge is -2.55. The maximum absolute atomic E-state index is 12.4. The van der Waals surface area contributed by atoms with Crippen molar-refractivity contribution in [3.8, 4) is 0 Å². The molecule has 1 N–H and O–H groups in total. The summed E-state index contributed by atoms with van der Waals surface area (Å²) < 4.78 is 5.58. The van der Waals surface area contributed by atoms with Crippen LogP contribution in [0.4, 0.5) is 4.79 Å². The Labute approximate surface area is 153 Å². The van der Waals surface area contributed by atoms with Crippen molar-refractivity contribution < 1.29 is 9.53 Å². The molecule has 0 aromatic rings. The predicted molar refractivity (Wildman–Crippen MR) is 99.4 cm³/mol. The van der Waals surface area contributed by atoms with Gasteiger partial charge in [0.05, 0.1) is 0 Å². The van der Waals surface area contributed by atoms with E-state index in [0.717, 1.165) is 49.1 Å². The van der Waals surface area contributed by atoms with Crippen molar-refractivity contribution in [1.29, 1.82) is 0 Å². The lowest BCUT2D eigenvalue weighted by molar-refractivity contribution is -0.0246. The molecule has 4 nitrogen and oxygen atoms in total. The molecule has 0 aromatic heterocycles. The lowest BCUT2D eigenvalue weighted by Crippen LogP contribution is -2.59. The van der Waals surface area contributed by atoms with Gasteiger partial charge in [0.15, 0.2) is 0 Å².